The molecule has 0 aliphatic heterocycles. The highest BCUT2D eigenvalue weighted by Gasteiger charge is 2.26. The molecule has 2 aromatic rings. The van der Waals surface area contributed by atoms with Gasteiger partial charge >= 0.3 is 0 Å². The number of amides is 2. The van der Waals surface area contributed by atoms with E-state index in [4.69, 9.17) is 10.5 Å². The number of benzene rings is 2. The Morgan fingerprint density at radius 3 is 2.30 bits per heavy atom. The summed E-state index contributed by atoms with van der Waals surface area (Å²) in [6.45, 7) is 4.05. The number of methoxy groups -OCH3 is 1. The van der Waals surface area contributed by atoms with Gasteiger partial charge in [-0.15, -0.1) is 0 Å². The second-order valence-electron chi connectivity index (χ2n) is 6.66. The lowest BCUT2D eigenvalue weighted by Gasteiger charge is -2.23. The summed E-state index contributed by atoms with van der Waals surface area (Å²) in [5.41, 5.74) is 7.46. The third-order valence-corrected chi connectivity index (χ3v) is 4.31. The molecular weight excluding hydrogens is 342 g/mol. The zero-order chi connectivity index (χ0) is 19.8. The zero-order valence-electron chi connectivity index (χ0n) is 15.9. The Bertz CT molecular complexity index is 762. The zero-order valence-corrected chi connectivity index (χ0v) is 15.9. The van der Waals surface area contributed by atoms with Crippen molar-refractivity contribution in [1.29, 1.82) is 0 Å². The summed E-state index contributed by atoms with van der Waals surface area (Å²) < 4.78 is 5.22. The first-order valence-electron chi connectivity index (χ1n) is 8.96. The third kappa shape index (κ3) is 5.56. The summed E-state index contributed by atoms with van der Waals surface area (Å²) >= 11 is 0. The number of hydrogen-bond donors (Lipinski definition) is 3. The summed E-state index contributed by atoms with van der Waals surface area (Å²) in [5, 5.41) is 5.64. The molecule has 0 aliphatic rings. The highest BCUT2D eigenvalue weighted by Crippen LogP contribution is 2.17. The monoisotopic (exact) mass is 369 g/mol. The fourth-order valence-corrected chi connectivity index (χ4v) is 2.72. The van der Waals surface area contributed by atoms with E-state index in [0.29, 0.717) is 11.3 Å². The first-order valence-corrected chi connectivity index (χ1v) is 8.96. The van der Waals surface area contributed by atoms with Crippen LogP contribution in [0.5, 0.6) is 5.75 Å². The minimum absolute atomic E-state index is 0.0865. The maximum Gasteiger partial charge on any atom is 0.255 e. The van der Waals surface area contributed by atoms with Crippen LogP contribution in [0.2, 0.25) is 0 Å². The normalized spacial score (nSPS) is 12.9. The van der Waals surface area contributed by atoms with Crippen LogP contribution in [0.1, 0.15) is 35.8 Å². The Hall–Kier alpha value is -2.86. The Morgan fingerprint density at radius 2 is 1.67 bits per heavy atom. The maximum atomic E-state index is 12.6. The maximum absolute atomic E-state index is 12.6. The second-order valence-corrected chi connectivity index (χ2v) is 6.66. The molecule has 0 saturated carbocycles. The van der Waals surface area contributed by atoms with Gasteiger partial charge in [0.05, 0.1) is 12.7 Å². The topological polar surface area (TPSA) is 93.4 Å². The van der Waals surface area contributed by atoms with Crippen LogP contribution in [0.3, 0.4) is 0 Å². The predicted octanol–water partition coefficient (Wildman–Crippen LogP) is 2.27. The van der Waals surface area contributed by atoms with Crippen molar-refractivity contribution in [2.24, 2.45) is 11.7 Å². The quantitative estimate of drug-likeness (QED) is 0.665. The number of carbonyl (C=O) groups excluding carboxylic acids is 2. The molecule has 4 N–H and O–H groups in total. The van der Waals surface area contributed by atoms with E-state index >= 15 is 0 Å². The van der Waals surface area contributed by atoms with E-state index in [9.17, 15) is 9.59 Å². The minimum atomic E-state index is -0.676. The molecule has 0 aliphatic carbocycles. The Balaban J connectivity index is 2.01. The lowest BCUT2D eigenvalue weighted by Crippen LogP contribution is -2.50. The van der Waals surface area contributed by atoms with Crippen molar-refractivity contribution >= 4 is 11.8 Å². The molecule has 0 aromatic heterocycles. The SMILES string of the molecule is COc1ccccc1C(=O)NC(C(=O)NCC(N)c1ccccc1)C(C)C. The standard InChI is InChI=1S/C21H27N3O3/c1-14(2)19(24-20(25)16-11-7-8-12-18(16)27-3)21(26)23-13-17(22)15-9-5-4-6-10-15/h4-12,14,17,19H,13,22H2,1-3H3,(H,23,26)(H,24,25). The van der Waals surface area contributed by atoms with Gasteiger partial charge in [0.25, 0.3) is 5.91 Å². The molecule has 2 amide bonds. The van der Waals surface area contributed by atoms with E-state index in [2.05, 4.69) is 10.6 Å². The average molecular weight is 369 g/mol. The summed E-state index contributed by atoms with van der Waals surface area (Å²) in [4.78, 5) is 25.2. The fraction of sp³-hybridized carbons (Fsp3) is 0.333. The number of para-hydroxylation sites is 1. The van der Waals surface area contributed by atoms with E-state index in [0.717, 1.165) is 5.56 Å². The van der Waals surface area contributed by atoms with Gasteiger partial charge in [-0.3, -0.25) is 9.59 Å². The van der Waals surface area contributed by atoms with Crippen LogP contribution in [-0.4, -0.2) is 31.5 Å². The Kier molecular flexibility index (Phi) is 7.37. The molecule has 0 spiro atoms. The van der Waals surface area contributed by atoms with Crippen molar-refractivity contribution in [2.75, 3.05) is 13.7 Å². The van der Waals surface area contributed by atoms with Crippen molar-refractivity contribution in [3.8, 4) is 5.75 Å². The number of carbonyl (C=O) groups is 2. The van der Waals surface area contributed by atoms with Gasteiger partial charge in [0.15, 0.2) is 0 Å². The summed E-state index contributed by atoms with van der Waals surface area (Å²) in [6, 6.07) is 15.5. The van der Waals surface area contributed by atoms with Gasteiger partial charge in [-0.25, -0.2) is 0 Å². The van der Waals surface area contributed by atoms with Gasteiger partial charge in [0.2, 0.25) is 5.91 Å². The summed E-state index contributed by atoms with van der Waals surface area (Å²) in [5.74, 6) is -0.242. The van der Waals surface area contributed by atoms with E-state index < -0.39 is 6.04 Å². The first-order chi connectivity index (χ1) is 12.9. The van der Waals surface area contributed by atoms with Crippen LogP contribution in [0.4, 0.5) is 0 Å². The molecule has 6 heteroatoms. The van der Waals surface area contributed by atoms with Crippen molar-refractivity contribution in [3.05, 3.63) is 65.7 Å². The molecule has 144 valence electrons. The number of rotatable bonds is 8. The lowest BCUT2D eigenvalue weighted by atomic mass is 10.0. The molecule has 27 heavy (non-hydrogen) atoms. The van der Waals surface area contributed by atoms with E-state index in [1.165, 1.54) is 7.11 Å². The lowest BCUT2D eigenvalue weighted by molar-refractivity contribution is -0.124. The van der Waals surface area contributed by atoms with Gasteiger partial charge < -0.3 is 21.1 Å². The first kappa shape index (κ1) is 20.5. The molecule has 2 rings (SSSR count). The van der Waals surface area contributed by atoms with Gasteiger partial charge in [0.1, 0.15) is 11.8 Å². The summed E-state index contributed by atoms with van der Waals surface area (Å²) in [6.07, 6.45) is 0. The molecule has 2 atom stereocenters. The van der Waals surface area contributed by atoms with E-state index in [1.807, 2.05) is 44.2 Å². The molecule has 2 aromatic carbocycles. The molecule has 0 fully saturated rings. The van der Waals surface area contributed by atoms with Crippen molar-refractivity contribution in [1.82, 2.24) is 10.6 Å². The Morgan fingerprint density at radius 1 is 1.04 bits per heavy atom. The van der Waals surface area contributed by atoms with Crippen LogP contribution < -0.4 is 21.1 Å². The smallest absolute Gasteiger partial charge is 0.255 e. The Labute approximate surface area is 160 Å². The van der Waals surface area contributed by atoms with Crippen LogP contribution in [-0.2, 0) is 4.79 Å². The molecule has 2 unspecified atom stereocenters. The number of hydrogen-bond acceptors (Lipinski definition) is 4. The van der Waals surface area contributed by atoms with E-state index in [-0.39, 0.29) is 30.3 Å². The van der Waals surface area contributed by atoms with Crippen LogP contribution in [0.25, 0.3) is 0 Å². The van der Waals surface area contributed by atoms with E-state index in [1.54, 1.807) is 24.3 Å². The molecular formula is C21H27N3O3. The molecule has 0 bridgehead atoms. The van der Waals surface area contributed by atoms with Crippen LogP contribution in [0, 0.1) is 5.92 Å². The fourth-order valence-electron chi connectivity index (χ4n) is 2.72. The third-order valence-electron chi connectivity index (χ3n) is 4.31. The van der Waals surface area contributed by atoms with Crippen molar-refractivity contribution in [3.63, 3.8) is 0 Å². The van der Waals surface area contributed by atoms with Crippen LogP contribution in [0.15, 0.2) is 54.6 Å². The highest BCUT2D eigenvalue weighted by atomic mass is 16.5. The summed E-state index contributed by atoms with van der Waals surface area (Å²) in [7, 11) is 1.50. The molecule has 0 saturated heterocycles. The minimum Gasteiger partial charge on any atom is -0.496 e. The van der Waals surface area contributed by atoms with Gasteiger partial charge in [-0.1, -0.05) is 56.3 Å². The number of ether oxygens (including phenoxy) is 1. The molecule has 0 heterocycles. The van der Waals surface area contributed by atoms with Crippen LogP contribution >= 0.6 is 0 Å². The number of nitrogens with two attached hydrogens (primary N) is 1. The average Bonchev–Trinajstić information content (AvgIpc) is 2.70. The molecule has 0 radical (unpaired) electrons. The number of nitrogens with one attached hydrogen (secondary N) is 2. The van der Waals surface area contributed by atoms with Crippen molar-refractivity contribution < 1.29 is 14.3 Å². The highest BCUT2D eigenvalue weighted by molar-refractivity contribution is 5.99. The second kappa shape index (κ2) is 9.73. The predicted molar refractivity (Wildman–Crippen MR) is 105 cm³/mol. The van der Waals surface area contributed by atoms with Gasteiger partial charge in [0, 0.05) is 12.6 Å². The van der Waals surface area contributed by atoms with Crippen molar-refractivity contribution in [2.45, 2.75) is 25.9 Å². The molecule has 6 nitrogen and oxygen atoms in total. The largest absolute Gasteiger partial charge is 0.496 e. The van der Waals surface area contributed by atoms with Gasteiger partial charge in [-0.2, -0.15) is 0 Å². The van der Waals surface area contributed by atoms with Gasteiger partial charge in [-0.05, 0) is 23.6 Å².